The number of hydrogen-bond donors (Lipinski definition) is 1. The van der Waals surface area contributed by atoms with Gasteiger partial charge in [-0.05, 0) is 26.0 Å². The van der Waals surface area contributed by atoms with Gasteiger partial charge in [0.15, 0.2) is 0 Å². The number of hydrogen-bond acceptors (Lipinski definition) is 2. The fourth-order valence-corrected chi connectivity index (χ4v) is 2.15. The Labute approximate surface area is 114 Å². The minimum atomic E-state index is -4.34. The molecule has 0 fully saturated rings. The van der Waals surface area contributed by atoms with Crippen LogP contribution in [0.5, 0.6) is 0 Å². The van der Waals surface area contributed by atoms with Gasteiger partial charge in [0.1, 0.15) is 5.82 Å². The number of alkyl halides is 3. The fourth-order valence-electron chi connectivity index (χ4n) is 2.15. The van der Waals surface area contributed by atoms with Crippen LogP contribution >= 0.6 is 0 Å². The van der Waals surface area contributed by atoms with E-state index in [1.165, 1.54) is 12.1 Å². The number of aromatic nitrogens is 2. The lowest BCUT2D eigenvalue weighted by atomic mass is 10.1. The summed E-state index contributed by atoms with van der Waals surface area (Å²) in [6.45, 7) is 4.20. The van der Waals surface area contributed by atoms with Crippen LogP contribution in [0.1, 0.15) is 23.9 Å². The van der Waals surface area contributed by atoms with Crippen molar-refractivity contribution in [3.05, 3.63) is 41.2 Å². The van der Waals surface area contributed by atoms with E-state index in [-0.39, 0.29) is 6.61 Å². The van der Waals surface area contributed by atoms with Gasteiger partial charge >= 0.3 is 6.18 Å². The second kappa shape index (κ2) is 5.28. The van der Waals surface area contributed by atoms with Crippen LogP contribution in [0.2, 0.25) is 0 Å². The minimum Gasteiger partial charge on any atom is -0.390 e. The summed E-state index contributed by atoms with van der Waals surface area (Å²) in [7, 11) is 0. The summed E-state index contributed by atoms with van der Waals surface area (Å²) in [4.78, 5) is 4.29. The number of benzene rings is 1. The lowest BCUT2D eigenvalue weighted by Gasteiger charge is -2.09. The normalized spacial score (nSPS) is 11.9. The van der Waals surface area contributed by atoms with Crippen molar-refractivity contribution >= 4 is 0 Å². The number of aliphatic hydroxyl groups excluding tert-OH is 1. The minimum absolute atomic E-state index is 0.188. The summed E-state index contributed by atoms with van der Waals surface area (Å²) in [5.41, 5.74) is 1.28. The maximum Gasteiger partial charge on any atom is 0.416 e. The molecule has 1 aromatic carbocycles. The first-order valence-corrected chi connectivity index (χ1v) is 6.23. The summed E-state index contributed by atoms with van der Waals surface area (Å²) >= 11 is 0. The van der Waals surface area contributed by atoms with Crippen molar-refractivity contribution in [3.8, 4) is 11.4 Å². The van der Waals surface area contributed by atoms with Gasteiger partial charge in [-0.15, -0.1) is 0 Å². The Morgan fingerprint density at radius 1 is 1.20 bits per heavy atom. The molecule has 0 unspecified atom stereocenters. The first-order chi connectivity index (χ1) is 9.38. The second-order valence-electron chi connectivity index (χ2n) is 4.44. The molecule has 6 heteroatoms. The molecule has 0 radical (unpaired) electrons. The van der Waals surface area contributed by atoms with Gasteiger partial charge in [-0.1, -0.05) is 12.1 Å². The Morgan fingerprint density at radius 3 is 2.25 bits per heavy atom. The van der Waals surface area contributed by atoms with Gasteiger partial charge in [-0.25, -0.2) is 4.98 Å². The van der Waals surface area contributed by atoms with Crippen molar-refractivity contribution in [2.75, 3.05) is 0 Å². The van der Waals surface area contributed by atoms with Gasteiger partial charge in [-0.3, -0.25) is 0 Å². The molecule has 0 aliphatic heterocycles. The highest BCUT2D eigenvalue weighted by molar-refractivity contribution is 5.57. The zero-order valence-electron chi connectivity index (χ0n) is 11.2. The molecule has 0 bridgehead atoms. The molecule has 2 rings (SSSR count). The van der Waals surface area contributed by atoms with Gasteiger partial charge in [0.2, 0.25) is 0 Å². The smallest absolute Gasteiger partial charge is 0.390 e. The number of aliphatic hydroxyl groups is 1. The van der Waals surface area contributed by atoms with E-state index in [0.717, 1.165) is 17.8 Å². The van der Waals surface area contributed by atoms with Crippen molar-refractivity contribution in [3.63, 3.8) is 0 Å². The van der Waals surface area contributed by atoms with E-state index in [1.807, 2.05) is 18.4 Å². The molecule has 0 saturated heterocycles. The zero-order chi connectivity index (χ0) is 14.9. The van der Waals surface area contributed by atoms with Crippen molar-refractivity contribution in [1.82, 2.24) is 9.55 Å². The molecule has 0 saturated carbocycles. The molecule has 20 heavy (non-hydrogen) atoms. The number of halogens is 3. The van der Waals surface area contributed by atoms with E-state index >= 15 is 0 Å². The SMILES string of the molecule is CCn1c(-c2ccc(C(F)(F)F)cc2)nc(CO)c1C. The van der Waals surface area contributed by atoms with E-state index in [0.29, 0.717) is 23.6 Å². The molecule has 1 aromatic heterocycles. The summed E-state index contributed by atoms with van der Waals surface area (Å²) in [5, 5.41) is 9.22. The Bertz CT molecular complexity index is 600. The van der Waals surface area contributed by atoms with Crippen LogP contribution in [-0.4, -0.2) is 14.7 Å². The highest BCUT2D eigenvalue weighted by atomic mass is 19.4. The molecule has 0 spiro atoms. The Balaban J connectivity index is 2.47. The van der Waals surface area contributed by atoms with Crippen LogP contribution in [0.4, 0.5) is 13.2 Å². The quantitative estimate of drug-likeness (QED) is 0.938. The average Bonchev–Trinajstić information content (AvgIpc) is 2.74. The van der Waals surface area contributed by atoms with E-state index in [9.17, 15) is 18.3 Å². The predicted molar refractivity (Wildman–Crippen MR) is 69.0 cm³/mol. The maximum atomic E-state index is 12.5. The number of rotatable bonds is 3. The maximum absolute atomic E-state index is 12.5. The summed E-state index contributed by atoms with van der Waals surface area (Å²) in [6, 6.07) is 4.88. The molecule has 0 amide bonds. The highest BCUT2D eigenvalue weighted by Gasteiger charge is 2.30. The topological polar surface area (TPSA) is 38.0 Å². The van der Waals surface area contributed by atoms with Gasteiger partial charge in [0.25, 0.3) is 0 Å². The Morgan fingerprint density at radius 2 is 1.80 bits per heavy atom. The number of imidazole rings is 1. The molecule has 0 aliphatic carbocycles. The van der Waals surface area contributed by atoms with Crippen LogP contribution in [0.3, 0.4) is 0 Å². The average molecular weight is 284 g/mol. The summed E-state index contributed by atoms with van der Waals surface area (Å²) in [5.74, 6) is 0.572. The van der Waals surface area contributed by atoms with E-state index < -0.39 is 11.7 Å². The highest BCUT2D eigenvalue weighted by Crippen LogP contribution is 2.31. The van der Waals surface area contributed by atoms with E-state index in [4.69, 9.17) is 0 Å². The molecular weight excluding hydrogens is 269 g/mol. The summed E-state index contributed by atoms with van der Waals surface area (Å²) in [6.07, 6.45) is -4.34. The van der Waals surface area contributed by atoms with E-state index in [1.54, 1.807) is 0 Å². The van der Waals surface area contributed by atoms with Gasteiger partial charge in [0.05, 0.1) is 17.9 Å². The van der Waals surface area contributed by atoms with Crippen LogP contribution < -0.4 is 0 Å². The lowest BCUT2D eigenvalue weighted by Crippen LogP contribution is -2.05. The third-order valence-electron chi connectivity index (χ3n) is 3.26. The number of nitrogens with zero attached hydrogens (tertiary/aromatic N) is 2. The molecular formula is C14H15F3N2O. The van der Waals surface area contributed by atoms with Crippen LogP contribution in [-0.2, 0) is 19.3 Å². The molecule has 108 valence electrons. The first kappa shape index (κ1) is 14.6. The van der Waals surface area contributed by atoms with Crippen LogP contribution in [0.15, 0.2) is 24.3 Å². The first-order valence-electron chi connectivity index (χ1n) is 6.23. The Kier molecular flexibility index (Phi) is 3.85. The molecule has 0 aliphatic rings. The van der Waals surface area contributed by atoms with Crippen LogP contribution in [0.25, 0.3) is 11.4 Å². The third-order valence-corrected chi connectivity index (χ3v) is 3.26. The standard InChI is InChI=1S/C14H15F3N2O/c1-3-19-9(2)12(8-20)18-13(19)10-4-6-11(7-5-10)14(15,16)17/h4-7,20H,3,8H2,1-2H3. The van der Waals surface area contributed by atoms with E-state index in [2.05, 4.69) is 4.98 Å². The third kappa shape index (κ3) is 2.56. The molecule has 0 atom stereocenters. The van der Waals surface area contributed by atoms with Crippen LogP contribution in [0, 0.1) is 6.92 Å². The molecule has 2 aromatic rings. The molecule has 1 N–H and O–H groups in total. The predicted octanol–water partition coefficient (Wildman–Crippen LogP) is 3.39. The molecule has 1 heterocycles. The Hall–Kier alpha value is -1.82. The van der Waals surface area contributed by atoms with Gasteiger partial charge < -0.3 is 9.67 Å². The van der Waals surface area contributed by atoms with Gasteiger partial charge in [-0.2, -0.15) is 13.2 Å². The lowest BCUT2D eigenvalue weighted by molar-refractivity contribution is -0.137. The van der Waals surface area contributed by atoms with Crippen molar-refractivity contribution < 1.29 is 18.3 Å². The second-order valence-corrected chi connectivity index (χ2v) is 4.44. The van der Waals surface area contributed by atoms with Crippen molar-refractivity contribution in [2.45, 2.75) is 33.2 Å². The van der Waals surface area contributed by atoms with Crippen molar-refractivity contribution in [2.24, 2.45) is 0 Å². The van der Waals surface area contributed by atoms with Crippen molar-refractivity contribution in [1.29, 1.82) is 0 Å². The largest absolute Gasteiger partial charge is 0.416 e. The zero-order valence-corrected chi connectivity index (χ0v) is 11.2. The van der Waals surface area contributed by atoms with Gasteiger partial charge in [0, 0.05) is 17.8 Å². The summed E-state index contributed by atoms with van der Waals surface area (Å²) < 4.78 is 39.5. The monoisotopic (exact) mass is 284 g/mol. The fraction of sp³-hybridized carbons (Fsp3) is 0.357. The molecule has 3 nitrogen and oxygen atoms in total.